The lowest BCUT2D eigenvalue weighted by molar-refractivity contribution is 0.0941. The number of carbonyl (C=O) groups is 1. The lowest BCUT2D eigenvalue weighted by Gasteiger charge is -2.32. The van der Waals surface area contributed by atoms with Gasteiger partial charge in [-0.05, 0) is 25.2 Å². The monoisotopic (exact) mass is 286 g/mol. The summed E-state index contributed by atoms with van der Waals surface area (Å²) in [7, 11) is 2.15. The number of likely N-dealkylation sites (N-methyl/N-ethyl adjacent to an activating group) is 1. The molecule has 1 aliphatic heterocycles. The molecule has 1 fully saturated rings. The van der Waals surface area contributed by atoms with Crippen LogP contribution in [0.15, 0.2) is 36.7 Å². The quantitative estimate of drug-likeness (QED) is 0.908. The minimum atomic E-state index is 0.00725. The maximum Gasteiger partial charge on any atom is 0.252 e. The van der Waals surface area contributed by atoms with E-state index in [0.717, 1.165) is 43.8 Å². The van der Waals surface area contributed by atoms with Gasteiger partial charge in [0.2, 0.25) is 0 Å². The van der Waals surface area contributed by atoms with Crippen LogP contribution in [-0.4, -0.2) is 66.4 Å². The van der Waals surface area contributed by atoms with Crippen molar-refractivity contribution in [1.29, 1.82) is 0 Å². The molecular weight excluding hydrogens is 264 g/mol. The van der Waals surface area contributed by atoms with Gasteiger partial charge in [-0.3, -0.25) is 9.69 Å². The minimum Gasteiger partial charge on any atom is -0.351 e. The first-order valence-corrected chi connectivity index (χ1v) is 7.48. The molecule has 0 aliphatic carbocycles. The highest BCUT2D eigenvalue weighted by Gasteiger charge is 2.14. The highest BCUT2D eigenvalue weighted by atomic mass is 16.1. The van der Waals surface area contributed by atoms with Crippen LogP contribution in [0.25, 0.3) is 5.52 Å². The fraction of sp³-hybridized carbons (Fsp3) is 0.438. The van der Waals surface area contributed by atoms with Gasteiger partial charge in [-0.2, -0.15) is 0 Å². The number of carbonyl (C=O) groups excluding carboxylic acids is 1. The number of piperazine rings is 1. The lowest BCUT2D eigenvalue weighted by atomic mass is 10.3. The van der Waals surface area contributed by atoms with Crippen molar-refractivity contribution >= 4 is 11.4 Å². The maximum absolute atomic E-state index is 12.2. The van der Waals surface area contributed by atoms with E-state index in [1.165, 1.54) is 0 Å². The normalized spacial score (nSPS) is 17.2. The minimum absolute atomic E-state index is 0.00725. The van der Waals surface area contributed by atoms with E-state index in [4.69, 9.17) is 0 Å². The van der Waals surface area contributed by atoms with E-state index in [1.54, 1.807) is 0 Å². The van der Waals surface area contributed by atoms with Crippen molar-refractivity contribution in [2.75, 3.05) is 46.3 Å². The SMILES string of the molecule is CN1CCN(CCNC(=O)c2cc3ccccn3c2)CC1. The molecule has 0 unspecified atom stereocenters. The molecular formula is C16H22N4O. The third-order valence-electron chi connectivity index (χ3n) is 4.08. The molecule has 0 spiro atoms. The van der Waals surface area contributed by atoms with Crippen LogP contribution in [0.1, 0.15) is 10.4 Å². The van der Waals surface area contributed by atoms with Crippen LogP contribution < -0.4 is 5.32 Å². The van der Waals surface area contributed by atoms with Gasteiger partial charge in [0.25, 0.3) is 5.91 Å². The van der Waals surface area contributed by atoms with E-state index in [2.05, 4.69) is 22.2 Å². The average Bonchev–Trinajstić information content (AvgIpc) is 2.93. The zero-order valence-corrected chi connectivity index (χ0v) is 12.5. The number of hydrogen-bond donors (Lipinski definition) is 1. The van der Waals surface area contributed by atoms with Gasteiger partial charge in [-0.1, -0.05) is 6.07 Å². The molecule has 2 aromatic heterocycles. The second-order valence-corrected chi connectivity index (χ2v) is 5.66. The number of fused-ring (bicyclic) bond motifs is 1. The summed E-state index contributed by atoms with van der Waals surface area (Å²) >= 11 is 0. The second-order valence-electron chi connectivity index (χ2n) is 5.66. The summed E-state index contributed by atoms with van der Waals surface area (Å²) in [4.78, 5) is 16.9. The summed E-state index contributed by atoms with van der Waals surface area (Å²) in [6, 6.07) is 7.86. The van der Waals surface area contributed by atoms with E-state index in [0.29, 0.717) is 6.54 Å². The Morgan fingerprint density at radius 3 is 2.81 bits per heavy atom. The Bertz CT molecular complexity index is 581. The fourth-order valence-corrected chi connectivity index (χ4v) is 2.68. The third kappa shape index (κ3) is 3.43. The molecule has 0 bridgehead atoms. The Labute approximate surface area is 125 Å². The van der Waals surface area contributed by atoms with E-state index in [-0.39, 0.29) is 5.91 Å². The topological polar surface area (TPSA) is 40.0 Å². The average molecular weight is 286 g/mol. The molecule has 3 heterocycles. The molecule has 1 aliphatic rings. The Kier molecular flexibility index (Phi) is 4.22. The molecule has 5 heteroatoms. The van der Waals surface area contributed by atoms with Gasteiger partial charge >= 0.3 is 0 Å². The molecule has 21 heavy (non-hydrogen) atoms. The Hall–Kier alpha value is -1.85. The Balaban J connectivity index is 1.50. The highest BCUT2D eigenvalue weighted by Crippen LogP contribution is 2.09. The number of rotatable bonds is 4. The Morgan fingerprint density at radius 1 is 1.24 bits per heavy atom. The molecule has 0 radical (unpaired) electrons. The fourth-order valence-electron chi connectivity index (χ4n) is 2.68. The van der Waals surface area contributed by atoms with Crippen LogP contribution in [0.3, 0.4) is 0 Å². The van der Waals surface area contributed by atoms with E-state index in [9.17, 15) is 4.79 Å². The standard InChI is InChI=1S/C16H22N4O/c1-18-8-10-19(11-9-18)7-5-17-16(21)14-12-15-4-2-3-6-20(15)13-14/h2-4,6,12-13H,5,7-11H2,1H3,(H,17,21). The lowest BCUT2D eigenvalue weighted by Crippen LogP contribution is -2.46. The van der Waals surface area contributed by atoms with Gasteiger partial charge in [0, 0.05) is 57.2 Å². The number of aromatic nitrogens is 1. The Morgan fingerprint density at radius 2 is 2.05 bits per heavy atom. The summed E-state index contributed by atoms with van der Waals surface area (Å²) in [6.45, 7) is 6.02. The first-order valence-electron chi connectivity index (χ1n) is 7.48. The maximum atomic E-state index is 12.2. The van der Waals surface area contributed by atoms with Gasteiger partial charge in [0.1, 0.15) is 0 Å². The number of pyridine rings is 1. The summed E-state index contributed by atoms with van der Waals surface area (Å²) in [5.74, 6) is 0.00725. The summed E-state index contributed by atoms with van der Waals surface area (Å²) in [5, 5.41) is 3.01. The van der Waals surface area contributed by atoms with E-state index in [1.807, 2.05) is 41.1 Å². The van der Waals surface area contributed by atoms with Crippen molar-refractivity contribution in [3.05, 3.63) is 42.2 Å². The van der Waals surface area contributed by atoms with Crippen LogP contribution in [0, 0.1) is 0 Å². The smallest absolute Gasteiger partial charge is 0.252 e. The van der Waals surface area contributed by atoms with Crippen LogP contribution >= 0.6 is 0 Å². The predicted molar refractivity (Wildman–Crippen MR) is 83.7 cm³/mol. The molecule has 5 nitrogen and oxygen atoms in total. The molecule has 0 aromatic carbocycles. The zero-order chi connectivity index (χ0) is 14.7. The number of nitrogens with zero attached hydrogens (tertiary/aromatic N) is 3. The van der Waals surface area contributed by atoms with Crippen LogP contribution in [-0.2, 0) is 0 Å². The van der Waals surface area contributed by atoms with Crippen LogP contribution in [0.5, 0.6) is 0 Å². The molecule has 1 amide bonds. The largest absolute Gasteiger partial charge is 0.351 e. The molecule has 1 N–H and O–H groups in total. The summed E-state index contributed by atoms with van der Waals surface area (Å²) in [5.41, 5.74) is 1.77. The molecule has 1 saturated heterocycles. The molecule has 112 valence electrons. The van der Waals surface area contributed by atoms with Gasteiger partial charge in [0.15, 0.2) is 0 Å². The first kappa shape index (κ1) is 14.1. The van der Waals surface area contributed by atoms with Crippen LogP contribution in [0.4, 0.5) is 0 Å². The third-order valence-corrected chi connectivity index (χ3v) is 4.08. The molecule has 3 rings (SSSR count). The number of amides is 1. The zero-order valence-electron chi connectivity index (χ0n) is 12.5. The van der Waals surface area contributed by atoms with E-state index >= 15 is 0 Å². The number of hydrogen-bond acceptors (Lipinski definition) is 3. The summed E-state index contributed by atoms with van der Waals surface area (Å²) in [6.07, 6.45) is 3.83. The number of nitrogens with one attached hydrogen (secondary N) is 1. The van der Waals surface area contributed by atoms with Crippen LogP contribution in [0.2, 0.25) is 0 Å². The van der Waals surface area contributed by atoms with Gasteiger partial charge in [-0.25, -0.2) is 0 Å². The van der Waals surface area contributed by atoms with Crippen molar-refractivity contribution in [2.45, 2.75) is 0 Å². The molecule has 0 atom stereocenters. The van der Waals surface area contributed by atoms with Crippen molar-refractivity contribution < 1.29 is 4.79 Å². The predicted octanol–water partition coefficient (Wildman–Crippen LogP) is 0.916. The van der Waals surface area contributed by atoms with E-state index < -0.39 is 0 Å². The van der Waals surface area contributed by atoms with Crippen molar-refractivity contribution in [3.63, 3.8) is 0 Å². The summed E-state index contributed by atoms with van der Waals surface area (Å²) < 4.78 is 1.97. The van der Waals surface area contributed by atoms with Gasteiger partial charge in [0.05, 0.1) is 5.56 Å². The highest BCUT2D eigenvalue weighted by molar-refractivity contribution is 5.95. The van der Waals surface area contributed by atoms with Gasteiger partial charge < -0.3 is 14.6 Å². The van der Waals surface area contributed by atoms with Crippen molar-refractivity contribution in [1.82, 2.24) is 19.5 Å². The molecule has 0 saturated carbocycles. The van der Waals surface area contributed by atoms with Gasteiger partial charge in [-0.15, -0.1) is 0 Å². The first-order chi connectivity index (χ1) is 10.2. The van der Waals surface area contributed by atoms with Crippen molar-refractivity contribution in [3.8, 4) is 0 Å². The second kappa shape index (κ2) is 6.28. The molecule has 2 aromatic rings. The van der Waals surface area contributed by atoms with Crippen molar-refractivity contribution in [2.24, 2.45) is 0 Å².